The third kappa shape index (κ3) is 4.38. The van der Waals surface area contributed by atoms with Gasteiger partial charge in [-0.1, -0.05) is 127 Å². The highest BCUT2D eigenvalue weighted by molar-refractivity contribution is 7.25. The molecule has 0 spiro atoms. The Morgan fingerprint density at radius 3 is 1.80 bits per heavy atom. The summed E-state index contributed by atoms with van der Waals surface area (Å²) in [4.78, 5) is 15.4. The summed E-state index contributed by atoms with van der Waals surface area (Å²) >= 11 is 1.81. The van der Waals surface area contributed by atoms with E-state index >= 15 is 0 Å². The van der Waals surface area contributed by atoms with Gasteiger partial charge in [0.15, 0.2) is 17.5 Å². The smallest absolute Gasteiger partial charge is 0.164 e. The second kappa shape index (κ2) is 10.5. The predicted octanol–water partition coefficient (Wildman–Crippen LogP) is 11.2. The van der Waals surface area contributed by atoms with Gasteiger partial charge in [-0.05, 0) is 51.6 Å². The molecule has 0 unspecified atom stereocenters. The molecule has 0 saturated carbocycles. The predicted molar refractivity (Wildman–Crippen MR) is 189 cm³/mol. The van der Waals surface area contributed by atoms with Crippen LogP contribution in [-0.4, -0.2) is 15.0 Å². The zero-order valence-corrected chi connectivity index (χ0v) is 25.0. The van der Waals surface area contributed by atoms with Crippen LogP contribution in [0.15, 0.2) is 152 Å². The van der Waals surface area contributed by atoms with E-state index in [9.17, 15) is 0 Å². The Kier molecular flexibility index (Phi) is 6.00. The van der Waals surface area contributed by atoms with E-state index < -0.39 is 0 Å². The summed E-state index contributed by atoms with van der Waals surface area (Å²) in [5.41, 5.74) is 5.27. The van der Waals surface area contributed by atoms with E-state index in [1.54, 1.807) is 0 Å². The summed E-state index contributed by atoms with van der Waals surface area (Å²) in [6.07, 6.45) is 0. The average molecular weight is 592 g/mol. The normalized spacial score (nSPS) is 11.6. The van der Waals surface area contributed by atoms with Crippen molar-refractivity contribution in [2.45, 2.75) is 0 Å². The monoisotopic (exact) mass is 591 g/mol. The Labute approximate surface area is 264 Å². The molecule has 210 valence electrons. The van der Waals surface area contributed by atoms with Crippen molar-refractivity contribution in [1.29, 1.82) is 0 Å². The molecule has 0 amide bonds. The molecule has 9 rings (SSSR count). The SMILES string of the molecule is c1ccc(-c2nc(-c3ccc4sc5ccccc5c4c3)nc(-c3cccc4cccc(-c5cccc6ccccc56)c34)n2)cc1. The van der Waals surface area contributed by atoms with Gasteiger partial charge in [-0.2, -0.15) is 0 Å². The highest BCUT2D eigenvalue weighted by atomic mass is 32.1. The number of thiophene rings is 1. The molecule has 3 nitrogen and oxygen atoms in total. The number of hydrogen-bond acceptors (Lipinski definition) is 4. The van der Waals surface area contributed by atoms with Crippen LogP contribution in [0.4, 0.5) is 0 Å². The van der Waals surface area contributed by atoms with Gasteiger partial charge in [0.25, 0.3) is 0 Å². The molecular formula is C41H25N3S. The summed E-state index contributed by atoms with van der Waals surface area (Å²) in [7, 11) is 0. The molecule has 0 aliphatic heterocycles. The fraction of sp³-hybridized carbons (Fsp3) is 0. The molecule has 0 atom stereocenters. The van der Waals surface area contributed by atoms with Crippen LogP contribution in [0.25, 0.3) is 87.0 Å². The summed E-state index contributed by atoms with van der Waals surface area (Å²) in [6, 6.07) is 53.3. The molecule has 0 aliphatic rings. The van der Waals surface area contributed by atoms with Crippen LogP contribution in [-0.2, 0) is 0 Å². The molecule has 2 aromatic heterocycles. The first-order valence-electron chi connectivity index (χ1n) is 15.0. The van der Waals surface area contributed by atoms with Gasteiger partial charge in [-0.25, -0.2) is 15.0 Å². The van der Waals surface area contributed by atoms with Gasteiger partial charge in [-0.3, -0.25) is 0 Å². The molecule has 4 heteroatoms. The molecule has 0 bridgehead atoms. The molecule has 2 heterocycles. The van der Waals surface area contributed by atoms with Crippen LogP contribution >= 0.6 is 11.3 Å². The number of hydrogen-bond donors (Lipinski definition) is 0. The zero-order chi connectivity index (χ0) is 29.7. The maximum Gasteiger partial charge on any atom is 0.164 e. The fourth-order valence-corrected chi connectivity index (χ4v) is 7.51. The second-order valence-electron chi connectivity index (χ2n) is 11.2. The van der Waals surface area contributed by atoms with Crippen molar-refractivity contribution in [3.63, 3.8) is 0 Å². The van der Waals surface area contributed by atoms with Crippen LogP contribution in [0.2, 0.25) is 0 Å². The first kappa shape index (κ1) is 25.8. The van der Waals surface area contributed by atoms with Crippen molar-refractivity contribution in [2.75, 3.05) is 0 Å². The molecule has 0 saturated heterocycles. The van der Waals surface area contributed by atoms with Gasteiger partial charge < -0.3 is 0 Å². The van der Waals surface area contributed by atoms with E-state index in [2.05, 4.69) is 133 Å². The minimum absolute atomic E-state index is 0.658. The zero-order valence-electron chi connectivity index (χ0n) is 24.2. The van der Waals surface area contributed by atoms with Crippen LogP contribution in [0.3, 0.4) is 0 Å². The number of aromatic nitrogens is 3. The second-order valence-corrected chi connectivity index (χ2v) is 12.3. The molecule has 0 N–H and O–H groups in total. The lowest BCUT2D eigenvalue weighted by molar-refractivity contribution is 1.08. The Morgan fingerprint density at radius 2 is 0.956 bits per heavy atom. The highest BCUT2D eigenvalue weighted by Crippen LogP contribution is 2.40. The molecule has 45 heavy (non-hydrogen) atoms. The Balaban J connectivity index is 1.31. The van der Waals surface area contributed by atoms with E-state index in [1.165, 1.54) is 36.5 Å². The van der Waals surface area contributed by atoms with Crippen molar-refractivity contribution in [2.24, 2.45) is 0 Å². The van der Waals surface area contributed by atoms with Gasteiger partial charge in [0.2, 0.25) is 0 Å². The van der Waals surface area contributed by atoms with Crippen molar-refractivity contribution >= 4 is 53.1 Å². The fourth-order valence-electron chi connectivity index (χ4n) is 6.42. The van der Waals surface area contributed by atoms with Crippen LogP contribution in [0, 0.1) is 0 Å². The molecular weight excluding hydrogens is 567 g/mol. The number of fused-ring (bicyclic) bond motifs is 5. The Morgan fingerprint density at radius 1 is 0.356 bits per heavy atom. The van der Waals surface area contributed by atoms with E-state index in [0.717, 1.165) is 33.0 Å². The van der Waals surface area contributed by atoms with E-state index in [1.807, 2.05) is 29.5 Å². The summed E-state index contributed by atoms with van der Waals surface area (Å²) in [6.45, 7) is 0. The van der Waals surface area contributed by atoms with Gasteiger partial charge in [0.05, 0.1) is 0 Å². The molecule has 9 aromatic rings. The number of benzene rings is 7. The third-order valence-electron chi connectivity index (χ3n) is 8.53. The summed E-state index contributed by atoms with van der Waals surface area (Å²) in [5, 5.41) is 7.19. The minimum atomic E-state index is 0.658. The van der Waals surface area contributed by atoms with Gasteiger partial charge >= 0.3 is 0 Å². The van der Waals surface area contributed by atoms with Crippen molar-refractivity contribution in [3.05, 3.63) is 152 Å². The highest BCUT2D eigenvalue weighted by Gasteiger charge is 2.18. The Bertz CT molecular complexity index is 2540. The first-order valence-corrected chi connectivity index (χ1v) is 15.9. The molecule has 0 aliphatic carbocycles. The Hall–Kier alpha value is -5.71. The van der Waals surface area contributed by atoms with Crippen molar-refractivity contribution < 1.29 is 0 Å². The maximum atomic E-state index is 5.20. The van der Waals surface area contributed by atoms with Gasteiger partial charge in [0, 0.05) is 42.2 Å². The van der Waals surface area contributed by atoms with Crippen LogP contribution in [0.5, 0.6) is 0 Å². The van der Waals surface area contributed by atoms with Crippen LogP contribution in [0.1, 0.15) is 0 Å². The van der Waals surface area contributed by atoms with Gasteiger partial charge in [0.1, 0.15) is 0 Å². The lowest BCUT2D eigenvalue weighted by Crippen LogP contribution is -2.01. The van der Waals surface area contributed by atoms with Crippen LogP contribution < -0.4 is 0 Å². The summed E-state index contributed by atoms with van der Waals surface area (Å²) < 4.78 is 2.54. The van der Waals surface area contributed by atoms with Gasteiger partial charge in [-0.15, -0.1) is 11.3 Å². The topological polar surface area (TPSA) is 38.7 Å². The summed E-state index contributed by atoms with van der Waals surface area (Å²) in [5.74, 6) is 1.98. The lowest BCUT2D eigenvalue weighted by Gasteiger charge is -2.15. The van der Waals surface area contributed by atoms with E-state index in [-0.39, 0.29) is 0 Å². The largest absolute Gasteiger partial charge is 0.208 e. The molecule has 0 radical (unpaired) electrons. The molecule has 0 fully saturated rings. The average Bonchev–Trinajstić information content (AvgIpc) is 3.49. The molecule has 7 aromatic carbocycles. The number of rotatable bonds is 4. The minimum Gasteiger partial charge on any atom is -0.208 e. The first-order chi connectivity index (χ1) is 22.3. The lowest BCUT2D eigenvalue weighted by atomic mass is 9.91. The number of nitrogens with zero attached hydrogens (tertiary/aromatic N) is 3. The standard InChI is InChI=1S/C41H25N3S/c1-2-12-28(13-3-1)39-42-40(29-23-24-37-35(25-29)32-18-6-7-22-36(32)45-37)44-41(43-39)34-21-10-16-27-15-9-20-33(38(27)34)31-19-8-14-26-11-4-5-17-30(26)31/h1-25H. The third-order valence-corrected chi connectivity index (χ3v) is 9.68. The quantitative estimate of drug-likeness (QED) is 0.204. The van der Waals surface area contributed by atoms with Crippen molar-refractivity contribution in [3.8, 4) is 45.3 Å². The van der Waals surface area contributed by atoms with E-state index in [4.69, 9.17) is 15.0 Å². The van der Waals surface area contributed by atoms with E-state index in [0.29, 0.717) is 17.5 Å². The van der Waals surface area contributed by atoms with Crippen molar-refractivity contribution in [1.82, 2.24) is 15.0 Å². The maximum absolute atomic E-state index is 5.20.